The van der Waals surface area contributed by atoms with Crippen molar-refractivity contribution in [1.29, 1.82) is 0 Å². The summed E-state index contributed by atoms with van der Waals surface area (Å²) in [5.41, 5.74) is 0. The Hall–Kier alpha value is -0.530. The Morgan fingerprint density at radius 3 is 2.92 bits per heavy atom. The van der Waals surface area contributed by atoms with Crippen LogP contribution in [0, 0.1) is 5.92 Å². The van der Waals surface area contributed by atoms with E-state index in [1.54, 1.807) is 0 Å². The molecule has 0 amide bonds. The predicted octanol–water partition coefficient (Wildman–Crippen LogP) is 1.96. The first kappa shape index (κ1) is 8.09. The predicted molar refractivity (Wildman–Crippen MR) is 51.5 cm³/mol. The second kappa shape index (κ2) is 3.46. The van der Waals surface area contributed by atoms with Crippen LogP contribution in [0.25, 0.3) is 0 Å². The molecule has 0 bridgehead atoms. The van der Waals surface area contributed by atoms with E-state index in [-0.39, 0.29) is 0 Å². The van der Waals surface area contributed by atoms with Crippen LogP contribution >= 0.6 is 0 Å². The first-order valence-corrected chi connectivity index (χ1v) is 5.20. The summed E-state index contributed by atoms with van der Waals surface area (Å²) in [6.07, 6.45) is 6.55. The Bertz CT molecular complexity index is 182. The van der Waals surface area contributed by atoms with Crippen LogP contribution in [-0.4, -0.2) is 18.4 Å². The highest BCUT2D eigenvalue weighted by Gasteiger charge is 2.30. The summed E-state index contributed by atoms with van der Waals surface area (Å²) in [6, 6.07) is 0.724. The molecule has 0 aromatic carbocycles. The van der Waals surface area contributed by atoms with Crippen molar-refractivity contribution in [3.05, 3.63) is 0 Å². The summed E-state index contributed by atoms with van der Waals surface area (Å²) in [6.45, 7) is 3.31. The van der Waals surface area contributed by atoms with E-state index in [0.29, 0.717) is 0 Å². The van der Waals surface area contributed by atoms with Gasteiger partial charge in [0.15, 0.2) is 0 Å². The normalized spacial score (nSPS) is 25.2. The SMILES string of the molecule is CCC(NC1=NCCC1)C1CC1. The fraction of sp³-hybridized carbons (Fsp3) is 0.900. The number of rotatable bonds is 3. The molecule has 1 saturated carbocycles. The Kier molecular flexibility index (Phi) is 2.33. The van der Waals surface area contributed by atoms with Crippen molar-refractivity contribution in [2.45, 2.75) is 45.1 Å². The summed E-state index contributed by atoms with van der Waals surface area (Å²) in [7, 11) is 0. The molecule has 1 aliphatic heterocycles. The van der Waals surface area contributed by atoms with Crippen LogP contribution in [0.3, 0.4) is 0 Å². The molecule has 1 atom stereocenters. The summed E-state index contributed by atoms with van der Waals surface area (Å²) in [4.78, 5) is 4.44. The quantitative estimate of drug-likeness (QED) is 0.681. The zero-order chi connectivity index (χ0) is 8.39. The molecule has 12 heavy (non-hydrogen) atoms. The maximum atomic E-state index is 4.44. The van der Waals surface area contributed by atoms with Crippen LogP contribution in [0.5, 0.6) is 0 Å². The number of aliphatic imine (C=N–C) groups is 1. The van der Waals surface area contributed by atoms with Gasteiger partial charge in [0.1, 0.15) is 0 Å². The molecule has 2 heteroatoms. The average molecular weight is 166 g/mol. The van der Waals surface area contributed by atoms with Gasteiger partial charge in [-0.25, -0.2) is 0 Å². The fourth-order valence-corrected chi connectivity index (χ4v) is 1.92. The molecule has 2 rings (SSSR count). The molecule has 0 spiro atoms. The summed E-state index contributed by atoms with van der Waals surface area (Å²) >= 11 is 0. The van der Waals surface area contributed by atoms with Gasteiger partial charge in [-0.3, -0.25) is 4.99 Å². The van der Waals surface area contributed by atoms with Gasteiger partial charge < -0.3 is 5.32 Å². The lowest BCUT2D eigenvalue weighted by atomic mass is 10.1. The maximum Gasteiger partial charge on any atom is 0.0965 e. The molecule has 1 aliphatic carbocycles. The van der Waals surface area contributed by atoms with Gasteiger partial charge in [0.25, 0.3) is 0 Å². The number of hydrogen-bond acceptors (Lipinski definition) is 2. The lowest BCUT2D eigenvalue weighted by molar-refractivity contribution is 0.521. The highest BCUT2D eigenvalue weighted by atomic mass is 15.0. The molecule has 1 unspecified atom stereocenters. The van der Waals surface area contributed by atoms with Crippen molar-refractivity contribution in [3.8, 4) is 0 Å². The van der Waals surface area contributed by atoms with E-state index in [1.807, 2.05) is 0 Å². The fourth-order valence-electron chi connectivity index (χ4n) is 1.92. The lowest BCUT2D eigenvalue weighted by Crippen LogP contribution is -2.34. The summed E-state index contributed by atoms with van der Waals surface area (Å²) in [5.74, 6) is 2.23. The van der Waals surface area contributed by atoms with E-state index in [0.717, 1.165) is 18.5 Å². The van der Waals surface area contributed by atoms with E-state index in [4.69, 9.17) is 0 Å². The molecule has 0 saturated heterocycles. The van der Waals surface area contributed by atoms with Gasteiger partial charge in [-0.1, -0.05) is 6.92 Å². The van der Waals surface area contributed by atoms with E-state index in [2.05, 4.69) is 17.2 Å². The van der Waals surface area contributed by atoms with Gasteiger partial charge in [0, 0.05) is 19.0 Å². The second-order valence-electron chi connectivity index (χ2n) is 3.93. The zero-order valence-electron chi connectivity index (χ0n) is 7.84. The standard InChI is InChI=1S/C10H18N2/c1-2-9(8-5-6-8)12-10-4-3-7-11-10/h8-9H,2-7H2,1H3,(H,11,12). The molecule has 1 N–H and O–H groups in total. The molecule has 68 valence electrons. The van der Waals surface area contributed by atoms with Crippen LogP contribution in [-0.2, 0) is 0 Å². The number of nitrogens with zero attached hydrogens (tertiary/aromatic N) is 1. The minimum absolute atomic E-state index is 0.724. The minimum Gasteiger partial charge on any atom is -0.371 e. The van der Waals surface area contributed by atoms with Crippen molar-refractivity contribution >= 4 is 5.84 Å². The summed E-state index contributed by atoms with van der Waals surface area (Å²) < 4.78 is 0. The van der Waals surface area contributed by atoms with E-state index in [1.165, 1.54) is 37.9 Å². The third kappa shape index (κ3) is 1.79. The van der Waals surface area contributed by atoms with Crippen LogP contribution in [0.15, 0.2) is 4.99 Å². The first-order chi connectivity index (χ1) is 5.90. The van der Waals surface area contributed by atoms with Crippen LogP contribution < -0.4 is 5.32 Å². The molecule has 0 aromatic rings. The minimum atomic E-state index is 0.724. The third-order valence-corrected chi connectivity index (χ3v) is 2.86. The highest BCUT2D eigenvalue weighted by molar-refractivity contribution is 5.83. The molecule has 2 nitrogen and oxygen atoms in total. The van der Waals surface area contributed by atoms with E-state index < -0.39 is 0 Å². The van der Waals surface area contributed by atoms with Crippen molar-refractivity contribution in [1.82, 2.24) is 5.32 Å². The number of hydrogen-bond donors (Lipinski definition) is 1. The van der Waals surface area contributed by atoms with Crippen molar-refractivity contribution < 1.29 is 0 Å². The second-order valence-corrected chi connectivity index (χ2v) is 3.93. The molecule has 0 radical (unpaired) electrons. The van der Waals surface area contributed by atoms with Crippen LogP contribution in [0.2, 0.25) is 0 Å². The average Bonchev–Trinajstić information content (AvgIpc) is 2.80. The topological polar surface area (TPSA) is 24.4 Å². The monoisotopic (exact) mass is 166 g/mol. The third-order valence-electron chi connectivity index (χ3n) is 2.86. The summed E-state index contributed by atoms with van der Waals surface area (Å²) in [5, 5.41) is 3.58. The molecule has 1 heterocycles. The number of nitrogens with one attached hydrogen (secondary N) is 1. The van der Waals surface area contributed by atoms with Gasteiger partial charge in [0.2, 0.25) is 0 Å². The van der Waals surface area contributed by atoms with Crippen LogP contribution in [0.1, 0.15) is 39.0 Å². The van der Waals surface area contributed by atoms with Gasteiger partial charge in [-0.15, -0.1) is 0 Å². The van der Waals surface area contributed by atoms with E-state index >= 15 is 0 Å². The molecule has 2 aliphatic rings. The molecule has 0 aromatic heterocycles. The van der Waals surface area contributed by atoms with Crippen molar-refractivity contribution in [2.24, 2.45) is 10.9 Å². The van der Waals surface area contributed by atoms with Gasteiger partial charge in [0.05, 0.1) is 5.84 Å². The van der Waals surface area contributed by atoms with Crippen LogP contribution in [0.4, 0.5) is 0 Å². The zero-order valence-corrected chi connectivity index (χ0v) is 7.84. The van der Waals surface area contributed by atoms with Crippen molar-refractivity contribution in [3.63, 3.8) is 0 Å². The number of amidine groups is 1. The highest BCUT2D eigenvalue weighted by Crippen LogP contribution is 2.34. The van der Waals surface area contributed by atoms with Gasteiger partial charge in [-0.05, 0) is 31.6 Å². The van der Waals surface area contributed by atoms with E-state index in [9.17, 15) is 0 Å². The molecular weight excluding hydrogens is 148 g/mol. The van der Waals surface area contributed by atoms with Crippen molar-refractivity contribution in [2.75, 3.05) is 6.54 Å². The molecule has 1 fully saturated rings. The smallest absolute Gasteiger partial charge is 0.0965 e. The largest absolute Gasteiger partial charge is 0.371 e. The Labute approximate surface area is 74.5 Å². The Balaban J connectivity index is 1.82. The van der Waals surface area contributed by atoms with Gasteiger partial charge >= 0.3 is 0 Å². The molecular formula is C10H18N2. The van der Waals surface area contributed by atoms with Gasteiger partial charge in [-0.2, -0.15) is 0 Å². The Morgan fingerprint density at radius 1 is 1.58 bits per heavy atom. The maximum absolute atomic E-state index is 4.44. The lowest BCUT2D eigenvalue weighted by Gasteiger charge is -2.16. The first-order valence-electron chi connectivity index (χ1n) is 5.20. The Morgan fingerprint density at radius 2 is 2.42 bits per heavy atom.